The van der Waals surface area contributed by atoms with Gasteiger partial charge >= 0.3 is 0 Å². The summed E-state index contributed by atoms with van der Waals surface area (Å²) in [6.45, 7) is 5.86. The topological polar surface area (TPSA) is 131 Å². The number of aromatic nitrogens is 1. The number of carbonyl (C=O) groups excluding carboxylic acids is 3. The zero-order valence-corrected chi connectivity index (χ0v) is 19.6. The first-order valence-electron chi connectivity index (χ1n) is 11.0. The number of hydrogen-bond acceptors (Lipinski definition) is 6. The lowest BCUT2D eigenvalue weighted by molar-refractivity contribution is -0.122. The molecule has 1 aromatic carbocycles. The third kappa shape index (κ3) is 5.09. The summed E-state index contributed by atoms with van der Waals surface area (Å²) in [5.74, 6) is -1.18. The van der Waals surface area contributed by atoms with E-state index in [1.54, 1.807) is 6.92 Å². The Morgan fingerprint density at radius 1 is 1.09 bits per heavy atom. The van der Waals surface area contributed by atoms with Crippen LogP contribution in [0.5, 0.6) is 0 Å². The highest BCUT2D eigenvalue weighted by Crippen LogP contribution is 2.29. The number of primary amides is 1. The lowest BCUT2D eigenvalue weighted by Gasteiger charge is -2.31. The van der Waals surface area contributed by atoms with Gasteiger partial charge in [0.05, 0.1) is 5.69 Å². The van der Waals surface area contributed by atoms with E-state index >= 15 is 0 Å². The summed E-state index contributed by atoms with van der Waals surface area (Å²) in [6, 6.07) is 6.86. The second-order valence-corrected chi connectivity index (χ2v) is 9.35. The molecule has 8 nitrogen and oxygen atoms in total. The van der Waals surface area contributed by atoms with Crippen molar-refractivity contribution in [3.05, 3.63) is 40.4 Å². The molecule has 0 aliphatic heterocycles. The lowest BCUT2D eigenvalue weighted by atomic mass is 9.95. The Morgan fingerprint density at radius 3 is 2.25 bits per heavy atom. The quantitative estimate of drug-likeness (QED) is 0.586. The Labute approximate surface area is 192 Å². The summed E-state index contributed by atoms with van der Waals surface area (Å²) in [6.07, 6.45) is 5.25. The molecule has 3 rings (SSSR count). The van der Waals surface area contributed by atoms with Gasteiger partial charge in [0.2, 0.25) is 5.91 Å². The minimum atomic E-state index is -0.797. The van der Waals surface area contributed by atoms with Crippen LogP contribution >= 0.6 is 11.5 Å². The van der Waals surface area contributed by atoms with Crippen molar-refractivity contribution in [2.24, 2.45) is 5.73 Å². The Balaban J connectivity index is 1.94. The highest BCUT2D eigenvalue weighted by molar-refractivity contribution is 7.09. The van der Waals surface area contributed by atoms with Crippen molar-refractivity contribution in [2.75, 3.05) is 10.6 Å². The van der Waals surface area contributed by atoms with Gasteiger partial charge in [-0.2, -0.15) is 4.37 Å². The predicted octanol–water partition coefficient (Wildman–Crippen LogP) is 3.43. The van der Waals surface area contributed by atoms with Crippen LogP contribution in [0, 0.1) is 0 Å². The van der Waals surface area contributed by atoms with Crippen molar-refractivity contribution in [1.82, 2.24) is 9.69 Å². The molecule has 1 atom stereocenters. The molecule has 1 aliphatic carbocycles. The summed E-state index contributed by atoms with van der Waals surface area (Å²) in [7, 11) is 0. The Hall–Kier alpha value is -2.94. The molecular weight excluding hydrogens is 426 g/mol. The lowest BCUT2D eigenvalue weighted by Crippen LogP contribution is -2.51. The van der Waals surface area contributed by atoms with E-state index < -0.39 is 17.9 Å². The Bertz CT molecular complexity index is 980. The molecule has 1 fully saturated rings. The van der Waals surface area contributed by atoms with E-state index in [0.717, 1.165) is 42.8 Å². The van der Waals surface area contributed by atoms with E-state index in [-0.39, 0.29) is 28.2 Å². The van der Waals surface area contributed by atoms with Crippen LogP contribution in [0.1, 0.15) is 84.5 Å². The van der Waals surface area contributed by atoms with Gasteiger partial charge in [0, 0.05) is 11.7 Å². The highest BCUT2D eigenvalue weighted by Gasteiger charge is 2.33. The van der Waals surface area contributed by atoms with Crippen LogP contribution in [0.15, 0.2) is 24.3 Å². The number of nitrogens with two attached hydrogens (primary N) is 2. The molecule has 2 aromatic rings. The molecule has 32 heavy (non-hydrogen) atoms. The second-order valence-electron chi connectivity index (χ2n) is 8.58. The summed E-state index contributed by atoms with van der Waals surface area (Å²) in [5, 5.41) is 3.09. The summed E-state index contributed by atoms with van der Waals surface area (Å²) >= 11 is 0.810. The Kier molecular flexibility index (Phi) is 7.50. The molecule has 0 bridgehead atoms. The number of carbonyl (C=O) groups is 3. The molecule has 0 saturated heterocycles. The van der Waals surface area contributed by atoms with Gasteiger partial charge in [-0.1, -0.05) is 45.2 Å². The molecule has 5 N–H and O–H groups in total. The van der Waals surface area contributed by atoms with E-state index in [1.165, 1.54) is 11.3 Å². The number of amides is 3. The van der Waals surface area contributed by atoms with Gasteiger partial charge in [-0.25, -0.2) is 0 Å². The largest absolute Gasteiger partial charge is 0.395 e. The number of nitrogen functional groups attached to an aromatic ring is 1. The number of nitrogens with zero attached hydrogens (tertiary/aromatic N) is 2. The zero-order chi connectivity index (χ0) is 23.4. The van der Waals surface area contributed by atoms with Gasteiger partial charge in [-0.15, -0.1) is 0 Å². The van der Waals surface area contributed by atoms with Crippen molar-refractivity contribution in [1.29, 1.82) is 0 Å². The average molecular weight is 458 g/mol. The van der Waals surface area contributed by atoms with E-state index in [9.17, 15) is 14.4 Å². The van der Waals surface area contributed by atoms with Crippen LogP contribution in [-0.2, 0) is 4.79 Å². The van der Waals surface area contributed by atoms with Gasteiger partial charge in [0.25, 0.3) is 11.8 Å². The number of benzene rings is 1. The van der Waals surface area contributed by atoms with E-state index in [4.69, 9.17) is 11.5 Å². The van der Waals surface area contributed by atoms with Crippen LogP contribution in [0.25, 0.3) is 0 Å². The fourth-order valence-corrected chi connectivity index (χ4v) is 4.70. The molecule has 0 spiro atoms. The number of hydrogen-bond donors (Lipinski definition) is 3. The number of anilines is 2. The highest BCUT2D eigenvalue weighted by atomic mass is 32.1. The number of rotatable bonds is 7. The van der Waals surface area contributed by atoms with Crippen molar-refractivity contribution in [2.45, 2.75) is 70.9 Å². The third-order valence-electron chi connectivity index (χ3n) is 5.93. The fraction of sp³-hybridized carbons (Fsp3) is 0.478. The van der Waals surface area contributed by atoms with E-state index in [2.05, 4.69) is 23.5 Å². The summed E-state index contributed by atoms with van der Waals surface area (Å²) < 4.78 is 3.94. The average Bonchev–Trinajstić information content (AvgIpc) is 3.16. The van der Waals surface area contributed by atoms with Gasteiger partial charge in [0.1, 0.15) is 10.9 Å². The first-order valence-corrected chi connectivity index (χ1v) is 11.8. The smallest absolute Gasteiger partial charge is 0.272 e. The van der Waals surface area contributed by atoms with Gasteiger partial charge < -0.3 is 16.8 Å². The molecule has 172 valence electrons. The zero-order valence-electron chi connectivity index (χ0n) is 18.8. The molecular formula is C23H31N5O3S. The van der Waals surface area contributed by atoms with Crippen LogP contribution in [0.3, 0.4) is 0 Å². The minimum absolute atomic E-state index is 0.0591. The Morgan fingerprint density at radius 2 is 1.72 bits per heavy atom. The van der Waals surface area contributed by atoms with Crippen molar-refractivity contribution < 1.29 is 14.4 Å². The predicted molar refractivity (Wildman–Crippen MR) is 127 cm³/mol. The van der Waals surface area contributed by atoms with Crippen LogP contribution < -0.4 is 21.7 Å². The summed E-state index contributed by atoms with van der Waals surface area (Å²) in [4.78, 5) is 39.7. The molecule has 1 aliphatic rings. The first kappa shape index (κ1) is 23.7. The van der Waals surface area contributed by atoms with Crippen molar-refractivity contribution in [3.8, 4) is 0 Å². The molecule has 3 amide bonds. The number of nitrogens with one attached hydrogen (secondary N) is 1. The van der Waals surface area contributed by atoms with Gasteiger partial charge in [-0.05, 0) is 54.9 Å². The fourth-order valence-electron chi connectivity index (χ4n) is 3.96. The maximum atomic E-state index is 13.5. The maximum absolute atomic E-state index is 13.5. The van der Waals surface area contributed by atoms with Crippen molar-refractivity contribution >= 4 is 40.6 Å². The van der Waals surface area contributed by atoms with E-state index in [0.29, 0.717) is 11.6 Å². The molecule has 1 heterocycles. The third-order valence-corrected chi connectivity index (χ3v) is 6.78. The summed E-state index contributed by atoms with van der Waals surface area (Å²) in [5.41, 5.74) is 12.8. The first-order chi connectivity index (χ1) is 15.2. The maximum Gasteiger partial charge on any atom is 0.272 e. The van der Waals surface area contributed by atoms with E-state index in [1.807, 2.05) is 24.3 Å². The normalized spacial score (nSPS) is 15.4. The standard InChI is InChI=1S/C23H31N5O3S/c1-13(2)15-9-11-17(12-10-15)28(14(3)22(30)26-16-7-5-4-6-8-16)23(31)20-18(24)19(21(25)29)27-32-20/h9-14,16H,4-8,24H2,1-3H3,(H2,25,29)(H,26,30). The van der Waals surface area contributed by atoms with Crippen LogP contribution in [0.4, 0.5) is 11.4 Å². The minimum Gasteiger partial charge on any atom is -0.395 e. The molecule has 1 saturated carbocycles. The molecule has 0 radical (unpaired) electrons. The van der Waals surface area contributed by atoms with Gasteiger partial charge in [-0.3, -0.25) is 19.3 Å². The monoisotopic (exact) mass is 457 g/mol. The SMILES string of the molecule is CC(C)c1ccc(N(C(=O)c2snc(C(N)=O)c2N)C(C)C(=O)NC2CCCCC2)cc1. The van der Waals surface area contributed by atoms with Crippen LogP contribution in [-0.4, -0.2) is 34.2 Å². The van der Waals surface area contributed by atoms with Crippen molar-refractivity contribution in [3.63, 3.8) is 0 Å². The molecule has 1 aromatic heterocycles. The second kappa shape index (κ2) is 10.1. The van der Waals surface area contributed by atoms with Crippen LogP contribution in [0.2, 0.25) is 0 Å². The molecule has 1 unspecified atom stereocenters. The van der Waals surface area contributed by atoms with Gasteiger partial charge in [0.15, 0.2) is 5.69 Å². The molecule has 9 heteroatoms.